The van der Waals surface area contributed by atoms with Crippen molar-refractivity contribution < 1.29 is 14.3 Å². The van der Waals surface area contributed by atoms with Gasteiger partial charge in [-0.25, -0.2) is 0 Å². The number of carbonyl (C=O) groups excluding carboxylic acids is 2. The average molecular weight is 290 g/mol. The number of nitrogens with zero attached hydrogens (tertiary/aromatic N) is 1. The topological polar surface area (TPSA) is 58.6 Å². The zero-order valence-corrected chi connectivity index (χ0v) is 12.8. The van der Waals surface area contributed by atoms with E-state index in [1.165, 1.54) is 7.11 Å². The van der Waals surface area contributed by atoms with Crippen molar-refractivity contribution in [1.82, 2.24) is 4.90 Å². The van der Waals surface area contributed by atoms with E-state index in [1.807, 2.05) is 36.9 Å². The van der Waals surface area contributed by atoms with Gasteiger partial charge in [-0.2, -0.15) is 0 Å². The summed E-state index contributed by atoms with van der Waals surface area (Å²) in [6.45, 7) is 4.91. The van der Waals surface area contributed by atoms with Crippen LogP contribution in [0.25, 0.3) is 0 Å². The van der Waals surface area contributed by atoms with Crippen LogP contribution < -0.4 is 5.32 Å². The van der Waals surface area contributed by atoms with Crippen LogP contribution in [0, 0.1) is 13.8 Å². The van der Waals surface area contributed by atoms with E-state index in [4.69, 9.17) is 4.74 Å². The molecular weight excluding hydrogens is 268 g/mol. The Morgan fingerprint density at radius 1 is 1.38 bits per heavy atom. The molecule has 0 aromatic heterocycles. The van der Waals surface area contributed by atoms with Gasteiger partial charge in [-0.15, -0.1) is 0 Å². The molecule has 1 fully saturated rings. The molecule has 0 bridgehead atoms. The first-order valence-corrected chi connectivity index (χ1v) is 7.20. The number of methoxy groups -OCH3 is 1. The lowest BCUT2D eigenvalue weighted by Gasteiger charge is -2.21. The van der Waals surface area contributed by atoms with Crippen molar-refractivity contribution in [2.75, 3.05) is 25.5 Å². The molecule has 0 saturated carbocycles. The van der Waals surface area contributed by atoms with Gasteiger partial charge in [-0.05, 0) is 50.4 Å². The van der Waals surface area contributed by atoms with Gasteiger partial charge in [0.1, 0.15) is 6.04 Å². The van der Waals surface area contributed by atoms with Crippen LogP contribution in [0.1, 0.15) is 24.0 Å². The number of aryl methyl sites for hydroxylation is 2. The Balaban J connectivity index is 1.98. The highest BCUT2D eigenvalue weighted by molar-refractivity contribution is 5.93. The van der Waals surface area contributed by atoms with Crippen LogP contribution in [-0.2, 0) is 14.3 Å². The third kappa shape index (κ3) is 3.82. The van der Waals surface area contributed by atoms with E-state index in [2.05, 4.69) is 5.32 Å². The summed E-state index contributed by atoms with van der Waals surface area (Å²) >= 11 is 0. The number of esters is 1. The standard InChI is InChI=1S/C16H22N2O3/c1-11-6-7-12(2)13(9-11)17-15(19)10-18-8-4-5-14(18)16(20)21-3/h6-7,9,14H,4-5,8,10H2,1-3H3,(H,17,19). The molecule has 1 N–H and O–H groups in total. The molecule has 1 unspecified atom stereocenters. The summed E-state index contributed by atoms with van der Waals surface area (Å²) in [7, 11) is 1.38. The lowest BCUT2D eigenvalue weighted by molar-refractivity contribution is -0.146. The molecule has 1 aromatic carbocycles. The lowest BCUT2D eigenvalue weighted by atomic mass is 10.1. The number of anilines is 1. The average Bonchev–Trinajstić information content (AvgIpc) is 2.90. The van der Waals surface area contributed by atoms with E-state index in [0.717, 1.165) is 36.2 Å². The second kappa shape index (κ2) is 6.72. The summed E-state index contributed by atoms with van der Waals surface area (Å²) in [6.07, 6.45) is 1.67. The minimum Gasteiger partial charge on any atom is -0.468 e. The van der Waals surface area contributed by atoms with E-state index >= 15 is 0 Å². The summed E-state index contributed by atoms with van der Waals surface area (Å²) in [6, 6.07) is 5.66. The van der Waals surface area contributed by atoms with Gasteiger partial charge in [-0.1, -0.05) is 12.1 Å². The van der Waals surface area contributed by atoms with Crippen molar-refractivity contribution in [3.05, 3.63) is 29.3 Å². The molecule has 1 aliphatic heterocycles. The summed E-state index contributed by atoms with van der Waals surface area (Å²) in [4.78, 5) is 25.7. The minimum atomic E-state index is -0.292. The van der Waals surface area contributed by atoms with Crippen LogP contribution in [0.3, 0.4) is 0 Å². The number of rotatable bonds is 4. The monoisotopic (exact) mass is 290 g/mol. The highest BCUT2D eigenvalue weighted by atomic mass is 16.5. The Kier molecular flexibility index (Phi) is 4.96. The first-order valence-electron chi connectivity index (χ1n) is 7.20. The second-order valence-electron chi connectivity index (χ2n) is 5.52. The lowest BCUT2D eigenvalue weighted by Crippen LogP contribution is -2.41. The molecule has 0 spiro atoms. The molecular formula is C16H22N2O3. The van der Waals surface area contributed by atoms with Gasteiger partial charge in [0.2, 0.25) is 5.91 Å². The van der Waals surface area contributed by atoms with Crippen molar-refractivity contribution in [2.45, 2.75) is 32.7 Å². The van der Waals surface area contributed by atoms with Crippen LogP contribution in [0.5, 0.6) is 0 Å². The molecule has 1 heterocycles. The molecule has 5 nitrogen and oxygen atoms in total. The number of hydrogen-bond acceptors (Lipinski definition) is 4. The van der Waals surface area contributed by atoms with Gasteiger partial charge >= 0.3 is 5.97 Å². The molecule has 1 aliphatic rings. The number of carbonyl (C=O) groups is 2. The zero-order valence-electron chi connectivity index (χ0n) is 12.8. The van der Waals surface area contributed by atoms with Crippen molar-refractivity contribution >= 4 is 17.6 Å². The summed E-state index contributed by atoms with van der Waals surface area (Å²) in [5.41, 5.74) is 2.96. The quantitative estimate of drug-likeness (QED) is 0.860. The van der Waals surface area contributed by atoms with Crippen molar-refractivity contribution in [3.8, 4) is 0 Å². The van der Waals surface area contributed by atoms with Gasteiger partial charge in [0.15, 0.2) is 0 Å². The Morgan fingerprint density at radius 3 is 2.86 bits per heavy atom. The van der Waals surface area contributed by atoms with Gasteiger partial charge in [0.25, 0.3) is 0 Å². The smallest absolute Gasteiger partial charge is 0.323 e. The third-order valence-electron chi connectivity index (χ3n) is 3.85. The molecule has 0 aliphatic carbocycles. The number of likely N-dealkylation sites (tertiary alicyclic amines) is 1. The fraction of sp³-hybridized carbons (Fsp3) is 0.500. The minimum absolute atomic E-state index is 0.0977. The van der Waals surface area contributed by atoms with Crippen LogP contribution in [-0.4, -0.2) is 43.0 Å². The maximum absolute atomic E-state index is 12.2. The molecule has 0 radical (unpaired) electrons. The van der Waals surface area contributed by atoms with Crippen LogP contribution >= 0.6 is 0 Å². The van der Waals surface area contributed by atoms with E-state index in [0.29, 0.717) is 0 Å². The van der Waals surface area contributed by atoms with E-state index in [9.17, 15) is 9.59 Å². The largest absolute Gasteiger partial charge is 0.468 e. The van der Waals surface area contributed by atoms with Crippen LogP contribution in [0.4, 0.5) is 5.69 Å². The van der Waals surface area contributed by atoms with Crippen LogP contribution in [0.2, 0.25) is 0 Å². The molecule has 1 atom stereocenters. The Bertz CT molecular complexity index is 542. The SMILES string of the molecule is COC(=O)C1CCCN1CC(=O)Nc1cc(C)ccc1C. The first kappa shape index (κ1) is 15.5. The van der Waals surface area contributed by atoms with Crippen molar-refractivity contribution in [1.29, 1.82) is 0 Å². The fourth-order valence-electron chi connectivity index (χ4n) is 2.66. The third-order valence-corrected chi connectivity index (χ3v) is 3.85. The number of ether oxygens (including phenoxy) is 1. The number of hydrogen-bond donors (Lipinski definition) is 1. The normalized spacial score (nSPS) is 18.5. The maximum Gasteiger partial charge on any atom is 0.323 e. The Labute approximate surface area is 125 Å². The summed E-state index contributed by atoms with van der Waals surface area (Å²) in [5.74, 6) is -0.355. The molecule has 1 aromatic rings. The second-order valence-corrected chi connectivity index (χ2v) is 5.52. The highest BCUT2D eigenvalue weighted by Crippen LogP contribution is 2.19. The van der Waals surface area contributed by atoms with E-state index in [-0.39, 0.29) is 24.5 Å². The Hall–Kier alpha value is -1.88. The van der Waals surface area contributed by atoms with Gasteiger partial charge in [0, 0.05) is 5.69 Å². The maximum atomic E-state index is 12.2. The molecule has 2 rings (SSSR count). The predicted octanol–water partition coefficient (Wildman–Crippen LogP) is 1.88. The van der Waals surface area contributed by atoms with Crippen LogP contribution in [0.15, 0.2) is 18.2 Å². The van der Waals surface area contributed by atoms with Gasteiger partial charge in [-0.3, -0.25) is 14.5 Å². The number of amides is 1. The number of benzene rings is 1. The molecule has 5 heteroatoms. The number of nitrogens with one attached hydrogen (secondary N) is 1. The molecule has 1 saturated heterocycles. The molecule has 1 amide bonds. The fourth-order valence-corrected chi connectivity index (χ4v) is 2.66. The Morgan fingerprint density at radius 2 is 2.14 bits per heavy atom. The highest BCUT2D eigenvalue weighted by Gasteiger charge is 2.32. The summed E-state index contributed by atoms with van der Waals surface area (Å²) in [5, 5.41) is 2.92. The van der Waals surface area contributed by atoms with Crippen molar-refractivity contribution in [3.63, 3.8) is 0 Å². The molecule has 21 heavy (non-hydrogen) atoms. The summed E-state index contributed by atoms with van der Waals surface area (Å²) < 4.78 is 4.79. The first-order chi connectivity index (χ1) is 10.0. The molecule has 114 valence electrons. The van der Waals surface area contributed by atoms with E-state index < -0.39 is 0 Å². The van der Waals surface area contributed by atoms with Crippen molar-refractivity contribution in [2.24, 2.45) is 0 Å². The van der Waals surface area contributed by atoms with Gasteiger partial charge < -0.3 is 10.1 Å². The predicted molar refractivity (Wildman–Crippen MR) is 81.2 cm³/mol. The van der Waals surface area contributed by atoms with Gasteiger partial charge in [0.05, 0.1) is 13.7 Å². The zero-order chi connectivity index (χ0) is 15.4. The van der Waals surface area contributed by atoms with E-state index in [1.54, 1.807) is 0 Å².